The van der Waals surface area contributed by atoms with Crippen molar-refractivity contribution < 1.29 is 0 Å². The highest BCUT2D eigenvalue weighted by molar-refractivity contribution is 6.88. The van der Waals surface area contributed by atoms with Gasteiger partial charge < -0.3 is 0 Å². The third-order valence-electron chi connectivity index (χ3n) is 1.65. The Hall–Kier alpha value is -0.568. The quantitative estimate of drug-likeness (QED) is 0.544. The molecule has 0 fully saturated rings. The fourth-order valence-corrected chi connectivity index (χ4v) is 1.88. The van der Waals surface area contributed by atoms with Crippen LogP contribution in [0.1, 0.15) is 0 Å². The maximum Gasteiger partial charge on any atom is 0.141 e. The fraction of sp³-hybridized carbons (Fsp3) is 0.375. The molecule has 56 valence electrons. The Kier molecular flexibility index (Phi) is 2.18. The normalized spacial score (nSPS) is 11.5. The highest BCUT2D eigenvalue weighted by Gasteiger charge is 2.15. The van der Waals surface area contributed by atoms with Gasteiger partial charge in [0, 0.05) is 6.20 Å². The van der Waals surface area contributed by atoms with Crippen molar-refractivity contribution in [1.29, 1.82) is 0 Å². The molecule has 1 rings (SSSR count). The van der Waals surface area contributed by atoms with Crippen LogP contribution in [0.3, 0.4) is 0 Å². The van der Waals surface area contributed by atoms with E-state index in [0.717, 1.165) is 0 Å². The molecule has 0 spiro atoms. The van der Waals surface area contributed by atoms with Gasteiger partial charge in [0.2, 0.25) is 0 Å². The summed E-state index contributed by atoms with van der Waals surface area (Å²) >= 11 is 0. The SMILES string of the molecule is [B]c1ccc([Si](C)(C)C)cn1. The molecule has 2 radical (unpaired) electrons. The van der Waals surface area contributed by atoms with Crippen LogP contribution in [0.15, 0.2) is 18.3 Å². The van der Waals surface area contributed by atoms with E-state index in [4.69, 9.17) is 7.85 Å². The van der Waals surface area contributed by atoms with Crippen molar-refractivity contribution in [3.8, 4) is 0 Å². The summed E-state index contributed by atoms with van der Waals surface area (Å²) in [6.07, 6.45) is 1.89. The third-order valence-corrected chi connectivity index (χ3v) is 3.68. The van der Waals surface area contributed by atoms with Crippen molar-refractivity contribution >= 4 is 26.7 Å². The zero-order valence-corrected chi connectivity index (χ0v) is 8.26. The average Bonchev–Trinajstić information content (AvgIpc) is 1.86. The second kappa shape index (κ2) is 2.82. The molecular formula is C8H12BNSi. The van der Waals surface area contributed by atoms with E-state index >= 15 is 0 Å². The molecule has 0 aromatic carbocycles. The predicted octanol–water partition coefficient (Wildman–Crippen LogP) is 0.421. The largest absolute Gasteiger partial charge is 0.273 e. The molecule has 1 aromatic rings. The molecule has 3 heteroatoms. The van der Waals surface area contributed by atoms with Crippen molar-refractivity contribution in [2.75, 3.05) is 0 Å². The summed E-state index contributed by atoms with van der Waals surface area (Å²) in [7, 11) is 4.30. The molecule has 0 saturated carbocycles. The number of pyridine rings is 1. The minimum absolute atomic E-state index is 0.604. The number of rotatable bonds is 1. The topological polar surface area (TPSA) is 12.9 Å². The minimum Gasteiger partial charge on any atom is -0.273 e. The van der Waals surface area contributed by atoms with E-state index in [2.05, 4.69) is 30.7 Å². The Morgan fingerprint density at radius 2 is 1.91 bits per heavy atom. The van der Waals surface area contributed by atoms with Crippen LogP contribution >= 0.6 is 0 Å². The van der Waals surface area contributed by atoms with Gasteiger partial charge in [0.1, 0.15) is 7.85 Å². The molecule has 0 amide bonds. The maximum atomic E-state index is 5.47. The summed E-state index contributed by atoms with van der Waals surface area (Å²) in [5, 5.41) is 1.35. The molecule has 0 unspecified atom stereocenters. The van der Waals surface area contributed by atoms with E-state index in [9.17, 15) is 0 Å². The van der Waals surface area contributed by atoms with E-state index in [1.807, 2.05) is 12.3 Å². The fourth-order valence-electron chi connectivity index (χ4n) is 0.849. The van der Waals surface area contributed by atoms with Gasteiger partial charge in [-0.05, 0) is 10.8 Å². The Labute approximate surface area is 70.3 Å². The zero-order chi connectivity index (χ0) is 8.48. The van der Waals surface area contributed by atoms with Gasteiger partial charge in [0.05, 0.1) is 8.07 Å². The lowest BCUT2D eigenvalue weighted by Gasteiger charge is -2.15. The summed E-state index contributed by atoms with van der Waals surface area (Å²) in [5.41, 5.74) is 0.604. The molecule has 0 aliphatic carbocycles. The van der Waals surface area contributed by atoms with Gasteiger partial charge in [0.15, 0.2) is 0 Å². The summed E-state index contributed by atoms with van der Waals surface area (Å²) in [6.45, 7) is 6.88. The summed E-state index contributed by atoms with van der Waals surface area (Å²) < 4.78 is 0. The second-order valence-electron chi connectivity index (χ2n) is 3.72. The van der Waals surface area contributed by atoms with Gasteiger partial charge >= 0.3 is 0 Å². The molecule has 1 aromatic heterocycles. The third kappa shape index (κ3) is 2.19. The van der Waals surface area contributed by atoms with Crippen LogP contribution in [0, 0.1) is 0 Å². The van der Waals surface area contributed by atoms with Crippen LogP contribution in [-0.4, -0.2) is 20.9 Å². The second-order valence-corrected chi connectivity index (χ2v) is 8.80. The van der Waals surface area contributed by atoms with E-state index < -0.39 is 8.07 Å². The molecular weight excluding hydrogens is 149 g/mol. The Bertz CT molecular complexity index is 237. The lowest BCUT2D eigenvalue weighted by atomic mass is 10.1. The first kappa shape index (κ1) is 8.53. The monoisotopic (exact) mass is 161 g/mol. The Balaban J connectivity index is 2.99. The molecule has 1 heterocycles. The van der Waals surface area contributed by atoms with Crippen LogP contribution in [0.25, 0.3) is 0 Å². The van der Waals surface area contributed by atoms with Crippen molar-refractivity contribution in [2.45, 2.75) is 19.6 Å². The van der Waals surface area contributed by atoms with Crippen LogP contribution in [0.2, 0.25) is 19.6 Å². The maximum absolute atomic E-state index is 5.47. The smallest absolute Gasteiger partial charge is 0.141 e. The van der Waals surface area contributed by atoms with Crippen molar-refractivity contribution in [2.24, 2.45) is 0 Å². The lowest BCUT2D eigenvalue weighted by Crippen LogP contribution is -2.38. The van der Waals surface area contributed by atoms with Crippen LogP contribution < -0.4 is 10.8 Å². The number of hydrogen-bond acceptors (Lipinski definition) is 1. The van der Waals surface area contributed by atoms with Gasteiger partial charge in [-0.1, -0.05) is 31.8 Å². The van der Waals surface area contributed by atoms with E-state index in [-0.39, 0.29) is 0 Å². The lowest BCUT2D eigenvalue weighted by molar-refractivity contribution is 1.40. The van der Waals surface area contributed by atoms with E-state index in [1.165, 1.54) is 5.19 Å². The number of hydrogen-bond donors (Lipinski definition) is 0. The highest BCUT2D eigenvalue weighted by Crippen LogP contribution is 1.98. The molecule has 0 aliphatic heterocycles. The van der Waals surface area contributed by atoms with Gasteiger partial charge in [0.25, 0.3) is 0 Å². The minimum atomic E-state index is -1.17. The first-order valence-corrected chi connectivity index (χ1v) is 7.22. The first-order valence-electron chi connectivity index (χ1n) is 3.72. The van der Waals surface area contributed by atoms with Crippen LogP contribution in [0.4, 0.5) is 0 Å². The number of aromatic nitrogens is 1. The molecule has 1 nitrogen and oxygen atoms in total. The Morgan fingerprint density at radius 3 is 2.27 bits per heavy atom. The molecule has 0 bridgehead atoms. The highest BCUT2D eigenvalue weighted by atomic mass is 28.3. The molecule has 0 atom stereocenters. The summed E-state index contributed by atoms with van der Waals surface area (Å²) in [6, 6.07) is 3.95. The number of nitrogens with zero attached hydrogens (tertiary/aromatic N) is 1. The standard InChI is InChI=1S/C8H12BNSi/c1-11(2,3)7-4-5-8(9)10-6-7/h4-6H,1-3H3. The average molecular weight is 161 g/mol. The first-order chi connectivity index (χ1) is 5.00. The summed E-state index contributed by atoms with van der Waals surface area (Å²) in [4.78, 5) is 4.06. The molecule has 0 N–H and O–H groups in total. The van der Waals surface area contributed by atoms with Crippen LogP contribution in [0.5, 0.6) is 0 Å². The summed E-state index contributed by atoms with van der Waals surface area (Å²) in [5.74, 6) is 0. The zero-order valence-electron chi connectivity index (χ0n) is 7.26. The van der Waals surface area contributed by atoms with Crippen molar-refractivity contribution in [3.63, 3.8) is 0 Å². The van der Waals surface area contributed by atoms with E-state index in [1.54, 1.807) is 0 Å². The van der Waals surface area contributed by atoms with Crippen molar-refractivity contribution in [1.82, 2.24) is 4.98 Å². The van der Waals surface area contributed by atoms with Gasteiger partial charge in [-0.3, -0.25) is 4.98 Å². The van der Waals surface area contributed by atoms with Gasteiger partial charge in [-0.2, -0.15) is 0 Å². The van der Waals surface area contributed by atoms with Crippen LogP contribution in [-0.2, 0) is 0 Å². The van der Waals surface area contributed by atoms with E-state index in [0.29, 0.717) is 5.59 Å². The molecule has 0 aliphatic rings. The molecule has 11 heavy (non-hydrogen) atoms. The predicted molar refractivity (Wildman–Crippen MR) is 52.6 cm³/mol. The van der Waals surface area contributed by atoms with Gasteiger partial charge in [-0.15, -0.1) is 0 Å². The Morgan fingerprint density at radius 1 is 1.27 bits per heavy atom. The van der Waals surface area contributed by atoms with Crippen molar-refractivity contribution in [3.05, 3.63) is 18.3 Å². The molecule has 0 saturated heterocycles. The van der Waals surface area contributed by atoms with Gasteiger partial charge in [-0.25, -0.2) is 0 Å².